The first-order chi connectivity index (χ1) is 17.4. The highest BCUT2D eigenvalue weighted by Gasteiger charge is 2.15. The van der Waals surface area contributed by atoms with Crippen molar-refractivity contribution in [3.05, 3.63) is 84.7 Å². The molecule has 1 atom stereocenters. The molecule has 0 fully saturated rings. The fourth-order valence-electron chi connectivity index (χ4n) is 3.70. The van der Waals surface area contributed by atoms with Crippen LogP contribution in [0.25, 0.3) is 16.9 Å². The lowest BCUT2D eigenvalue weighted by molar-refractivity contribution is -0.136. The van der Waals surface area contributed by atoms with Crippen molar-refractivity contribution in [2.24, 2.45) is 5.92 Å². The Morgan fingerprint density at radius 2 is 1.78 bits per heavy atom. The van der Waals surface area contributed by atoms with Gasteiger partial charge in [0.2, 0.25) is 0 Å². The molecule has 0 aliphatic heterocycles. The molecule has 0 bridgehead atoms. The first kappa shape index (κ1) is 24.8. The molecule has 2 aromatic heterocycles. The second-order valence-electron chi connectivity index (χ2n) is 8.90. The number of fused-ring (bicyclic) bond motifs is 1. The number of anilines is 1. The van der Waals surface area contributed by atoms with Gasteiger partial charge in [-0.3, -0.25) is 9.59 Å². The number of hydrogen-bond donors (Lipinski definition) is 3. The molecule has 4 aromatic rings. The minimum atomic E-state index is -0.945. The molecule has 0 saturated heterocycles. The zero-order valence-corrected chi connectivity index (χ0v) is 20.3. The average molecular weight is 487 g/mol. The third kappa shape index (κ3) is 6.41. The van der Waals surface area contributed by atoms with Gasteiger partial charge in [0, 0.05) is 35.8 Å². The van der Waals surface area contributed by atoms with E-state index in [0.29, 0.717) is 18.1 Å². The highest BCUT2D eigenvalue weighted by Crippen LogP contribution is 2.23. The third-order valence-corrected chi connectivity index (χ3v) is 5.87. The molecule has 1 amide bonds. The van der Waals surface area contributed by atoms with Gasteiger partial charge >= 0.3 is 5.97 Å². The number of imidazole rings is 1. The largest absolute Gasteiger partial charge is 0.491 e. The summed E-state index contributed by atoms with van der Waals surface area (Å²) in [5.41, 5.74) is 4.20. The highest BCUT2D eigenvalue weighted by molar-refractivity contribution is 5.94. The number of ether oxygens (including phenoxy) is 1. The molecule has 3 N–H and O–H groups in total. The Bertz CT molecular complexity index is 1280. The van der Waals surface area contributed by atoms with E-state index in [9.17, 15) is 9.59 Å². The molecule has 2 heterocycles. The fourth-order valence-corrected chi connectivity index (χ4v) is 3.70. The second kappa shape index (κ2) is 11.4. The van der Waals surface area contributed by atoms with Crippen molar-refractivity contribution in [2.75, 3.05) is 18.5 Å². The Kier molecular flexibility index (Phi) is 7.85. The quantitative estimate of drug-likeness (QED) is 0.283. The zero-order valence-electron chi connectivity index (χ0n) is 20.3. The molecule has 0 radical (unpaired) electrons. The minimum absolute atomic E-state index is 0.0540. The summed E-state index contributed by atoms with van der Waals surface area (Å²) in [5, 5.41) is 14.8. The number of carbonyl (C=O) groups excluding carboxylic acids is 1. The van der Waals surface area contributed by atoms with Crippen LogP contribution < -0.4 is 15.4 Å². The zero-order chi connectivity index (χ0) is 25.5. The van der Waals surface area contributed by atoms with Crippen LogP contribution >= 0.6 is 0 Å². The van der Waals surface area contributed by atoms with Gasteiger partial charge in [0.15, 0.2) is 0 Å². The van der Waals surface area contributed by atoms with Gasteiger partial charge in [0.25, 0.3) is 5.91 Å². The molecule has 1 unspecified atom stereocenters. The average Bonchev–Trinajstić information content (AvgIpc) is 3.31. The summed E-state index contributed by atoms with van der Waals surface area (Å²) < 4.78 is 8.07. The monoisotopic (exact) mass is 486 g/mol. The van der Waals surface area contributed by atoms with E-state index in [0.717, 1.165) is 28.3 Å². The number of aliphatic carboxylic acids is 1. The maximum Gasteiger partial charge on any atom is 0.305 e. The topological polar surface area (TPSA) is 105 Å². The lowest BCUT2D eigenvalue weighted by Crippen LogP contribution is -2.32. The van der Waals surface area contributed by atoms with E-state index in [1.54, 1.807) is 12.1 Å². The Morgan fingerprint density at radius 3 is 2.44 bits per heavy atom. The Hall–Kier alpha value is -4.33. The first-order valence-electron chi connectivity index (χ1n) is 11.9. The molecule has 36 heavy (non-hydrogen) atoms. The van der Waals surface area contributed by atoms with Crippen molar-refractivity contribution in [3.8, 4) is 17.0 Å². The van der Waals surface area contributed by atoms with Crippen molar-refractivity contribution in [1.29, 1.82) is 0 Å². The van der Waals surface area contributed by atoms with Crippen molar-refractivity contribution >= 4 is 23.2 Å². The molecule has 0 aliphatic carbocycles. The van der Waals surface area contributed by atoms with Crippen molar-refractivity contribution in [3.63, 3.8) is 0 Å². The third-order valence-electron chi connectivity index (χ3n) is 5.87. The molecule has 186 valence electrons. The number of aromatic nitrogens is 2. The molecular formula is C28H30N4O4. The van der Waals surface area contributed by atoms with E-state index in [4.69, 9.17) is 9.84 Å². The van der Waals surface area contributed by atoms with E-state index < -0.39 is 5.97 Å². The highest BCUT2D eigenvalue weighted by atomic mass is 16.5. The van der Waals surface area contributed by atoms with Crippen LogP contribution in [0.1, 0.15) is 30.6 Å². The van der Waals surface area contributed by atoms with Gasteiger partial charge in [-0.25, -0.2) is 4.98 Å². The lowest BCUT2D eigenvalue weighted by Gasteiger charge is -2.24. The number of carboxylic acid groups (broad SMARTS) is 1. The predicted molar refractivity (Wildman–Crippen MR) is 139 cm³/mol. The second-order valence-corrected chi connectivity index (χ2v) is 8.90. The number of benzene rings is 2. The lowest BCUT2D eigenvalue weighted by atomic mass is 10.0. The van der Waals surface area contributed by atoms with Crippen molar-refractivity contribution < 1.29 is 19.4 Å². The number of carboxylic acids is 1. The Balaban J connectivity index is 1.32. The molecule has 8 heteroatoms. The predicted octanol–water partition coefficient (Wildman–Crippen LogP) is 4.72. The van der Waals surface area contributed by atoms with Crippen LogP contribution in [-0.4, -0.2) is 45.6 Å². The SMILES string of the molecule is CC(C)C(COc1ccc(-c2cn3ccccc3n2)cc1)Nc1ccc(C(=O)NCCC(=O)O)cc1. The smallest absolute Gasteiger partial charge is 0.305 e. The molecule has 8 nitrogen and oxygen atoms in total. The molecule has 0 aliphatic rings. The van der Waals surface area contributed by atoms with Gasteiger partial charge in [0.1, 0.15) is 18.0 Å². The Morgan fingerprint density at radius 1 is 1.03 bits per heavy atom. The molecule has 0 saturated carbocycles. The van der Waals surface area contributed by atoms with Crippen LogP contribution in [0.15, 0.2) is 79.1 Å². The number of hydrogen-bond acceptors (Lipinski definition) is 5. The summed E-state index contributed by atoms with van der Waals surface area (Å²) in [6, 6.07) is 21.0. The van der Waals surface area contributed by atoms with Gasteiger partial charge in [-0.1, -0.05) is 19.9 Å². The minimum Gasteiger partial charge on any atom is -0.491 e. The summed E-state index contributed by atoms with van der Waals surface area (Å²) in [4.78, 5) is 27.4. The van der Waals surface area contributed by atoms with E-state index in [-0.39, 0.29) is 24.9 Å². The van der Waals surface area contributed by atoms with Gasteiger partial charge < -0.3 is 24.9 Å². The van der Waals surface area contributed by atoms with Crippen LogP contribution in [0.2, 0.25) is 0 Å². The van der Waals surface area contributed by atoms with Gasteiger partial charge in [0.05, 0.1) is 18.2 Å². The standard InChI is InChI=1S/C28H30N4O4/c1-19(2)25(30-22-10-6-21(7-11-22)28(35)29-15-14-27(33)34)18-36-23-12-8-20(9-13-23)24-17-32-16-4-3-5-26(32)31-24/h3-13,16-17,19,25,30H,14-15,18H2,1-2H3,(H,29,35)(H,33,34). The van der Waals surface area contributed by atoms with Crippen LogP contribution in [0.3, 0.4) is 0 Å². The van der Waals surface area contributed by atoms with Crippen LogP contribution in [-0.2, 0) is 4.79 Å². The molecule has 0 spiro atoms. The number of nitrogens with one attached hydrogen (secondary N) is 2. The molecular weight excluding hydrogens is 456 g/mol. The van der Waals surface area contributed by atoms with E-state index in [2.05, 4.69) is 29.5 Å². The van der Waals surface area contributed by atoms with Gasteiger partial charge in [-0.15, -0.1) is 0 Å². The number of nitrogens with zero attached hydrogens (tertiary/aromatic N) is 2. The van der Waals surface area contributed by atoms with Crippen molar-refractivity contribution in [1.82, 2.24) is 14.7 Å². The maximum absolute atomic E-state index is 12.1. The van der Waals surface area contributed by atoms with Gasteiger partial charge in [-0.05, 0) is 66.6 Å². The van der Waals surface area contributed by atoms with E-state index in [1.165, 1.54) is 0 Å². The normalized spacial score (nSPS) is 11.9. The Labute approximate surface area is 209 Å². The van der Waals surface area contributed by atoms with Gasteiger partial charge in [-0.2, -0.15) is 0 Å². The number of carbonyl (C=O) groups is 2. The summed E-state index contributed by atoms with van der Waals surface area (Å²) >= 11 is 0. The summed E-state index contributed by atoms with van der Waals surface area (Å²) in [6.07, 6.45) is 3.88. The van der Waals surface area contributed by atoms with Crippen LogP contribution in [0.4, 0.5) is 5.69 Å². The van der Waals surface area contributed by atoms with Crippen LogP contribution in [0, 0.1) is 5.92 Å². The van der Waals surface area contributed by atoms with E-state index >= 15 is 0 Å². The number of rotatable bonds is 11. The number of amides is 1. The maximum atomic E-state index is 12.1. The molecule has 4 rings (SSSR count). The van der Waals surface area contributed by atoms with Crippen LogP contribution in [0.5, 0.6) is 5.75 Å². The first-order valence-corrected chi connectivity index (χ1v) is 11.9. The summed E-state index contributed by atoms with van der Waals surface area (Å²) in [6.45, 7) is 4.82. The van der Waals surface area contributed by atoms with Crippen molar-refractivity contribution in [2.45, 2.75) is 26.3 Å². The number of pyridine rings is 1. The summed E-state index contributed by atoms with van der Waals surface area (Å²) in [5.74, 6) is -0.150. The fraction of sp³-hybridized carbons (Fsp3) is 0.250. The molecule has 2 aromatic carbocycles. The summed E-state index contributed by atoms with van der Waals surface area (Å²) in [7, 11) is 0. The van der Waals surface area contributed by atoms with E-state index in [1.807, 2.05) is 71.4 Å².